The molecule has 1 atom stereocenters. The van der Waals surface area contributed by atoms with Crippen LogP contribution in [0.5, 0.6) is 0 Å². The third-order valence-corrected chi connectivity index (χ3v) is 5.46. The fourth-order valence-corrected chi connectivity index (χ4v) is 4.08. The Morgan fingerprint density at radius 2 is 1.91 bits per heavy atom. The Morgan fingerprint density at radius 1 is 1.09 bits per heavy atom. The Kier molecular flexibility index (Phi) is 4.76. The zero-order valence-corrected chi connectivity index (χ0v) is 13.9. The van der Waals surface area contributed by atoms with Gasteiger partial charge < -0.3 is 14.5 Å². The van der Waals surface area contributed by atoms with Gasteiger partial charge in [0.15, 0.2) is 0 Å². The third kappa shape index (κ3) is 3.83. The number of nitrogens with zero attached hydrogens (tertiary/aromatic N) is 4. The average molecular weight is 316 g/mol. The SMILES string of the molecule is c1cc(N(C2CC2)C2CCN(CC3CCCCO3)CC2)ncn1. The predicted octanol–water partition coefficient (Wildman–Crippen LogP) is 2.48. The van der Waals surface area contributed by atoms with Gasteiger partial charge in [0.05, 0.1) is 6.10 Å². The van der Waals surface area contributed by atoms with E-state index in [2.05, 4.69) is 25.8 Å². The van der Waals surface area contributed by atoms with Crippen molar-refractivity contribution in [3.63, 3.8) is 0 Å². The molecule has 5 heteroatoms. The molecule has 1 aliphatic carbocycles. The van der Waals surface area contributed by atoms with E-state index in [4.69, 9.17) is 4.74 Å². The highest BCUT2D eigenvalue weighted by molar-refractivity contribution is 5.41. The van der Waals surface area contributed by atoms with Crippen molar-refractivity contribution in [3.8, 4) is 0 Å². The summed E-state index contributed by atoms with van der Waals surface area (Å²) >= 11 is 0. The maximum atomic E-state index is 5.90. The van der Waals surface area contributed by atoms with Crippen LogP contribution in [0.25, 0.3) is 0 Å². The lowest BCUT2D eigenvalue weighted by atomic mass is 10.0. The lowest BCUT2D eigenvalue weighted by Crippen LogP contribution is -2.48. The summed E-state index contributed by atoms with van der Waals surface area (Å²) in [4.78, 5) is 13.8. The highest BCUT2D eigenvalue weighted by Crippen LogP contribution is 2.35. The monoisotopic (exact) mass is 316 g/mol. The van der Waals surface area contributed by atoms with Crippen LogP contribution >= 0.6 is 0 Å². The molecular formula is C18H28N4O. The van der Waals surface area contributed by atoms with Crippen molar-refractivity contribution in [1.82, 2.24) is 14.9 Å². The van der Waals surface area contributed by atoms with Gasteiger partial charge in [-0.15, -0.1) is 0 Å². The molecule has 2 saturated heterocycles. The van der Waals surface area contributed by atoms with E-state index in [0.29, 0.717) is 18.2 Å². The van der Waals surface area contributed by atoms with Crippen molar-refractivity contribution in [1.29, 1.82) is 0 Å². The van der Waals surface area contributed by atoms with Gasteiger partial charge in [-0.1, -0.05) is 0 Å². The third-order valence-electron chi connectivity index (χ3n) is 5.46. The summed E-state index contributed by atoms with van der Waals surface area (Å²) in [5, 5.41) is 0. The molecule has 0 radical (unpaired) electrons. The first-order valence-corrected chi connectivity index (χ1v) is 9.28. The number of aromatic nitrogens is 2. The summed E-state index contributed by atoms with van der Waals surface area (Å²) in [7, 11) is 0. The molecule has 1 aromatic rings. The molecule has 0 aromatic carbocycles. The van der Waals surface area contributed by atoms with Gasteiger partial charge in [0.2, 0.25) is 0 Å². The smallest absolute Gasteiger partial charge is 0.132 e. The van der Waals surface area contributed by atoms with Crippen molar-refractivity contribution in [2.45, 2.75) is 63.1 Å². The van der Waals surface area contributed by atoms with Crippen LogP contribution in [-0.2, 0) is 4.74 Å². The van der Waals surface area contributed by atoms with Crippen LogP contribution in [0.3, 0.4) is 0 Å². The lowest BCUT2D eigenvalue weighted by molar-refractivity contribution is -0.00953. The van der Waals surface area contributed by atoms with Gasteiger partial charge in [0.25, 0.3) is 0 Å². The van der Waals surface area contributed by atoms with Gasteiger partial charge in [0, 0.05) is 44.5 Å². The summed E-state index contributed by atoms with van der Waals surface area (Å²) in [5.74, 6) is 1.12. The molecule has 4 rings (SSSR count). The van der Waals surface area contributed by atoms with Gasteiger partial charge in [-0.05, 0) is 51.0 Å². The average Bonchev–Trinajstić information content (AvgIpc) is 3.44. The van der Waals surface area contributed by atoms with Crippen molar-refractivity contribution in [2.24, 2.45) is 0 Å². The lowest BCUT2D eigenvalue weighted by Gasteiger charge is -2.40. The van der Waals surface area contributed by atoms with E-state index < -0.39 is 0 Å². The quantitative estimate of drug-likeness (QED) is 0.835. The Morgan fingerprint density at radius 3 is 2.57 bits per heavy atom. The summed E-state index contributed by atoms with van der Waals surface area (Å²) < 4.78 is 5.90. The van der Waals surface area contributed by atoms with Crippen LogP contribution in [0.2, 0.25) is 0 Å². The van der Waals surface area contributed by atoms with Crippen LogP contribution in [0, 0.1) is 0 Å². The summed E-state index contributed by atoms with van der Waals surface area (Å²) in [6, 6.07) is 3.42. The van der Waals surface area contributed by atoms with E-state index in [0.717, 1.165) is 19.0 Å². The molecule has 2 aliphatic heterocycles. The first-order valence-electron chi connectivity index (χ1n) is 9.28. The summed E-state index contributed by atoms with van der Waals surface area (Å²) in [5.41, 5.74) is 0. The first kappa shape index (κ1) is 15.3. The molecular weight excluding hydrogens is 288 g/mol. The van der Waals surface area contributed by atoms with Gasteiger partial charge in [-0.3, -0.25) is 0 Å². The van der Waals surface area contributed by atoms with Gasteiger partial charge in [-0.2, -0.15) is 0 Å². The fourth-order valence-electron chi connectivity index (χ4n) is 4.08. The Hall–Kier alpha value is -1.20. The predicted molar refractivity (Wildman–Crippen MR) is 90.6 cm³/mol. The normalized spacial score (nSPS) is 27.0. The second-order valence-corrected chi connectivity index (χ2v) is 7.23. The molecule has 0 amide bonds. The van der Waals surface area contributed by atoms with E-state index >= 15 is 0 Å². The second kappa shape index (κ2) is 7.14. The van der Waals surface area contributed by atoms with Crippen molar-refractivity contribution < 1.29 is 4.74 Å². The highest BCUT2D eigenvalue weighted by atomic mass is 16.5. The maximum Gasteiger partial charge on any atom is 0.132 e. The van der Waals surface area contributed by atoms with Crippen molar-refractivity contribution >= 4 is 5.82 Å². The molecule has 126 valence electrons. The number of hydrogen-bond donors (Lipinski definition) is 0. The molecule has 3 heterocycles. The number of rotatable bonds is 5. The molecule has 0 N–H and O–H groups in total. The van der Waals surface area contributed by atoms with E-state index in [1.165, 1.54) is 58.0 Å². The van der Waals surface area contributed by atoms with Crippen molar-refractivity contribution in [2.75, 3.05) is 31.1 Å². The highest BCUT2D eigenvalue weighted by Gasteiger charge is 2.36. The number of likely N-dealkylation sites (tertiary alicyclic amines) is 1. The van der Waals surface area contributed by atoms with Crippen molar-refractivity contribution in [3.05, 3.63) is 18.6 Å². The molecule has 3 fully saturated rings. The van der Waals surface area contributed by atoms with Gasteiger partial charge >= 0.3 is 0 Å². The number of piperidine rings is 1. The molecule has 1 aromatic heterocycles. The molecule has 3 aliphatic rings. The minimum absolute atomic E-state index is 0.474. The topological polar surface area (TPSA) is 41.5 Å². The Labute approximate surface area is 139 Å². The molecule has 0 spiro atoms. The molecule has 5 nitrogen and oxygen atoms in total. The van der Waals surface area contributed by atoms with E-state index in [1.54, 1.807) is 6.33 Å². The van der Waals surface area contributed by atoms with E-state index in [-0.39, 0.29) is 0 Å². The van der Waals surface area contributed by atoms with E-state index in [1.807, 2.05) is 6.20 Å². The summed E-state index contributed by atoms with van der Waals surface area (Å²) in [6.45, 7) is 4.48. The van der Waals surface area contributed by atoms with Crippen LogP contribution in [0.15, 0.2) is 18.6 Å². The number of ether oxygens (including phenoxy) is 1. The number of anilines is 1. The largest absolute Gasteiger partial charge is 0.377 e. The zero-order valence-electron chi connectivity index (χ0n) is 13.9. The molecule has 1 saturated carbocycles. The van der Waals surface area contributed by atoms with E-state index in [9.17, 15) is 0 Å². The minimum atomic E-state index is 0.474. The van der Waals surface area contributed by atoms with Gasteiger partial charge in [-0.25, -0.2) is 9.97 Å². The Bertz CT molecular complexity index is 479. The Balaban J connectivity index is 1.33. The van der Waals surface area contributed by atoms with Crippen LogP contribution in [-0.4, -0.2) is 59.3 Å². The molecule has 0 bridgehead atoms. The van der Waals surface area contributed by atoms with Crippen LogP contribution < -0.4 is 4.90 Å². The molecule has 23 heavy (non-hydrogen) atoms. The summed E-state index contributed by atoms with van der Waals surface area (Å²) in [6.07, 6.45) is 13.0. The second-order valence-electron chi connectivity index (χ2n) is 7.23. The maximum absolute atomic E-state index is 5.90. The number of hydrogen-bond acceptors (Lipinski definition) is 5. The van der Waals surface area contributed by atoms with Crippen LogP contribution in [0.4, 0.5) is 5.82 Å². The van der Waals surface area contributed by atoms with Crippen LogP contribution in [0.1, 0.15) is 44.9 Å². The van der Waals surface area contributed by atoms with Gasteiger partial charge in [0.1, 0.15) is 12.1 Å². The fraction of sp³-hybridized carbons (Fsp3) is 0.778. The molecule has 1 unspecified atom stereocenters. The standard InChI is InChI=1S/C18H28N4O/c1-2-12-23-17(3-1)13-21-10-7-16(8-11-21)22(15-4-5-15)18-6-9-19-14-20-18/h6,9,14-17H,1-5,7-8,10-13H2. The minimum Gasteiger partial charge on any atom is -0.377 e. The zero-order chi connectivity index (χ0) is 15.5. The first-order chi connectivity index (χ1) is 11.4.